The largest absolute Gasteiger partial charge is 0.496 e. The molecule has 5 nitrogen and oxygen atoms in total. The Bertz CT molecular complexity index is 821. The second-order valence-electron chi connectivity index (χ2n) is 4.21. The molecular weight excluding hydrogens is 302 g/mol. The maximum Gasteiger partial charge on any atom is 0.338 e. The fourth-order valence-corrected chi connectivity index (χ4v) is 2.60. The number of ether oxygens (including phenoxy) is 1. The van der Waals surface area contributed by atoms with E-state index in [4.69, 9.17) is 8.92 Å². The van der Waals surface area contributed by atoms with Crippen LogP contribution in [0.1, 0.15) is 5.56 Å². The lowest BCUT2D eigenvalue weighted by Crippen LogP contribution is -2.02. The highest BCUT2D eigenvalue weighted by Crippen LogP contribution is 2.26. The van der Waals surface area contributed by atoms with E-state index in [1.165, 1.54) is 19.2 Å². The fourth-order valence-electron chi connectivity index (χ4n) is 1.77. The Morgan fingerprint density at radius 1 is 1.09 bits per heavy atom. The predicted molar refractivity (Wildman–Crippen MR) is 81.3 cm³/mol. The molecular formula is C16H13NO4S. The Balaban J connectivity index is 2.33. The van der Waals surface area contributed by atoms with Gasteiger partial charge in [-0.25, -0.2) is 0 Å². The van der Waals surface area contributed by atoms with Gasteiger partial charge in [0.1, 0.15) is 23.0 Å². The molecule has 0 aliphatic heterocycles. The highest BCUT2D eigenvalue weighted by atomic mass is 32.2. The van der Waals surface area contributed by atoms with E-state index < -0.39 is 10.1 Å². The van der Waals surface area contributed by atoms with Gasteiger partial charge in [-0.2, -0.15) is 13.7 Å². The molecule has 2 rings (SSSR count). The maximum absolute atomic E-state index is 12.0. The molecule has 0 aliphatic carbocycles. The minimum atomic E-state index is -3.96. The number of nitriles is 1. The topological polar surface area (TPSA) is 76.4 Å². The Labute approximate surface area is 129 Å². The second-order valence-corrected chi connectivity index (χ2v) is 5.78. The van der Waals surface area contributed by atoms with Gasteiger partial charge in [0.05, 0.1) is 12.7 Å². The van der Waals surface area contributed by atoms with E-state index in [9.17, 15) is 13.7 Å². The summed E-state index contributed by atoms with van der Waals surface area (Å²) in [5.41, 5.74) is 0.507. The van der Waals surface area contributed by atoms with Gasteiger partial charge < -0.3 is 8.92 Å². The van der Waals surface area contributed by atoms with Crippen molar-refractivity contribution in [2.24, 2.45) is 0 Å². The van der Waals surface area contributed by atoms with Gasteiger partial charge in [0.25, 0.3) is 0 Å². The Hall–Kier alpha value is -2.78. The van der Waals surface area contributed by atoms with Gasteiger partial charge in [0.15, 0.2) is 0 Å². The van der Waals surface area contributed by atoms with Crippen LogP contribution in [0.2, 0.25) is 0 Å². The van der Waals surface area contributed by atoms with Crippen LogP contribution in [-0.4, -0.2) is 15.5 Å². The quantitative estimate of drug-likeness (QED) is 0.481. The lowest BCUT2D eigenvalue weighted by atomic mass is 10.1. The number of para-hydroxylation sites is 1. The van der Waals surface area contributed by atoms with Gasteiger partial charge in [-0.1, -0.05) is 30.3 Å². The normalized spacial score (nSPS) is 11.5. The second kappa shape index (κ2) is 6.78. The monoisotopic (exact) mass is 315 g/mol. The Morgan fingerprint density at radius 2 is 1.73 bits per heavy atom. The zero-order valence-corrected chi connectivity index (χ0v) is 12.6. The third-order valence-electron chi connectivity index (χ3n) is 2.84. The first-order chi connectivity index (χ1) is 10.6. The molecule has 0 bridgehead atoms. The highest BCUT2D eigenvalue weighted by Gasteiger charge is 2.15. The third kappa shape index (κ3) is 3.45. The smallest absolute Gasteiger partial charge is 0.338 e. The van der Waals surface area contributed by atoms with Crippen LogP contribution < -0.4 is 4.74 Å². The van der Waals surface area contributed by atoms with Crippen molar-refractivity contribution in [2.45, 2.75) is 4.90 Å². The minimum Gasteiger partial charge on any atom is -0.496 e. The van der Waals surface area contributed by atoms with Gasteiger partial charge in [0, 0.05) is 5.56 Å². The number of methoxy groups -OCH3 is 1. The minimum absolute atomic E-state index is 0.0172. The van der Waals surface area contributed by atoms with Gasteiger partial charge in [0.2, 0.25) is 0 Å². The summed E-state index contributed by atoms with van der Waals surface area (Å²) in [4.78, 5) is 0.0172. The molecule has 6 heteroatoms. The van der Waals surface area contributed by atoms with Crippen LogP contribution in [0.25, 0.3) is 5.57 Å². The van der Waals surface area contributed by atoms with Crippen molar-refractivity contribution in [2.75, 3.05) is 7.11 Å². The van der Waals surface area contributed by atoms with Gasteiger partial charge >= 0.3 is 10.1 Å². The molecule has 0 atom stereocenters. The average molecular weight is 315 g/mol. The molecule has 2 aromatic rings. The zero-order chi connectivity index (χ0) is 16.0. The maximum atomic E-state index is 12.0. The number of allylic oxidation sites excluding steroid dienone is 1. The lowest BCUT2D eigenvalue weighted by molar-refractivity contribution is 0.413. The fraction of sp³-hybridized carbons (Fsp3) is 0.0625. The van der Waals surface area contributed by atoms with Gasteiger partial charge in [-0.15, -0.1) is 0 Å². The van der Waals surface area contributed by atoms with E-state index in [-0.39, 0.29) is 10.5 Å². The number of rotatable bonds is 5. The molecule has 0 saturated heterocycles. The summed E-state index contributed by atoms with van der Waals surface area (Å²) < 4.78 is 34.1. The number of nitrogens with zero attached hydrogens (tertiary/aromatic N) is 1. The van der Waals surface area contributed by atoms with Crippen LogP contribution in [0, 0.1) is 11.3 Å². The van der Waals surface area contributed by atoms with Crippen molar-refractivity contribution in [3.63, 3.8) is 0 Å². The van der Waals surface area contributed by atoms with Gasteiger partial charge in [-0.05, 0) is 24.3 Å². The predicted octanol–water partition coefficient (Wildman–Crippen LogP) is 2.97. The number of hydrogen-bond donors (Lipinski definition) is 0. The summed E-state index contributed by atoms with van der Waals surface area (Å²) in [6, 6.07) is 16.4. The molecule has 22 heavy (non-hydrogen) atoms. The molecule has 0 aromatic heterocycles. The molecule has 0 saturated carbocycles. The summed E-state index contributed by atoms with van der Waals surface area (Å²) in [5.74, 6) is 0.455. The molecule has 0 amide bonds. The van der Waals surface area contributed by atoms with Crippen molar-refractivity contribution in [3.05, 3.63) is 66.4 Å². The molecule has 0 fully saturated rings. The Morgan fingerprint density at radius 3 is 2.36 bits per heavy atom. The molecule has 0 heterocycles. The third-order valence-corrected chi connectivity index (χ3v) is 4.04. The first-order valence-electron chi connectivity index (χ1n) is 6.30. The lowest BCUT2D eigenvalue weighted by Gasteiger charge is -2.07. The van der Waals surface area contributed by atoms with Crippen LogP contribution >= 0.6 is 0 Å². The first kappa shape index (κ1) is 15.6. The first-order valence-corrected chi connectivity index (χ1v) is 7.71. The van der Waals surface area contributed by atoms with Crippen LogP contribution in [0.15, 0.2) is 65.8 Å². The summed E-state index contributed by atoms with van der Waals surface area (Å²) in [6.45, 7) is 0. The summed E-state index contributed by atoms with van der Waals surface area (Å²) in [6.07, 6.45) is 0.917. The molecule has 2 aromatic carbocycles. The van der Waals surface area contributed by atoms with Crippen LogP contribution in [0.3, 0.4) is 0 Å². The zero-order valence-electron chi connectivity index (χ0n) is 11.8. The molecule has 0 unspecified atom stereocenters. The van der Waals surface area contributed by atoms with Crippen molar-refractivity contribution < 1.29 is 17.3 Å². The molecule has 0 radical (unpaired) electrons. The van der Waals surface area contributed by atoms with E-state index in [0.29, 0.717) is 11.3 Å². The van der Waals surface area contributed by atoms with Crippen molar-refractivity contribution in [3.8, 4) is 11.8 Å². The van der Waals surface area contributed by atoms with Crippen LogP contribution in [0.4, 0.5) is 0 Å². The average Bonchev–Trinajstić information content (AvgIpc) is 2.56. The SMILES string of the molecule is COc1ccccc1C(C#N)=COS(=O)(=O)c1ccccc1. The molecule has 112 valence electrons. The summed E-state index contributed by atoms with van der Waals surface area (Å²) in [5, 5.41) is 9.22. The summed E-state index contributed by atoms with van der Waals surface area (Å²) >= 11 is 0. The van der Waals surface area contributed by atoms with Crippen LogP contribution in [0.5, 0.6) is 5.75 Å². The standard InChI is InChI=1S/C16H13NO4S/c1-20-16-10-6-5-9-15(16)13(11-17)12-21-22(18,19)14-7-3-2-4-8-14/h2-10,12H,1H3. The van der Waals surface area contributed by atoms with E-state index in [0.717, 1.165) is 6.26 Å². The Kier molecular flexibility index (Phi) is 4.81. The van der Waals surface area contributed by atoms with E-state index in [2.05, 4.69) is 0 Å². The van der Waals surface area contributed by atoms with E-state index in [1.54, 1.807) is 42.5 Å². The molecule has 0 N–H and O–H groups in total. The van der Waals surface area contributed by atoms with Crippen LogP contribution in [-0.2, 0) is 14.3 Å². The van der Waals surface area contributed by atoms with Gasteiger partial charge in [-0.3, -0.25) is 0 Å². The highest BCUT2D eigenvalue weighted by molar-refractivity contribution is 7.86. The summed E-state index contributed by atoms with van der Waals surface area (Å²) in [7, 11) is -2.49. The molecule has 0 spiro atoms. The van der Waals surface area contributed by atoms with Crippen molar-refractivity contribution in [1.29, 1.82) is 5.26 Å². The van der Waals surface area contributed by atoms with E-state index in [1.807, 2.05) is 6.07 Å². The molecule has 0 aliphatic rings. The number of benzene rings is 2. The number of hydrogen-bond acceptors (Lipinski definition) is 5. The van der Waals surface area contributed by atoms with E-state index >= 15 is 0 Å². The van der Waals surface area contributed by atoms with Crippen molar-refractivity contribution >= 4 is 15.7 Å². The van der Waals surface area contributed by atoms with Crippen molar-refractivity contribution in [1.82, 2.24) is 0 Å².